The molecule has 2 aliphatic heterocycles. The number of anilines is 1. The SMILES string of the molecule is CN(C)C/C=C/C(=O)Nc1cccc(OC(=O)[C@@]2(O)CC3O[C@]2(C)n2c4ccccc4c4c(C=O)c(C(N)=O)c5c6ccccc6n3c5c42)c1. The number of rotatable bonds is 8. The van der Waals surface area contributed by atoms with E-state index in [-0.39, 0.29) is 29.2 Å². The predicted octanol–water partition coefficient (Wildman–Crippen LogP) is 4.81. The fraction of sp³-hybridized carbons (Fsp3) is 0.211. The van der Waals surface area contributed by atoms with Crippen molar-refractivity contribution >= 4 is 73.4 Å². The molecule has 4 aromatic carbocycles. The molecule has 252 valence electrons. The van der Waals surface area contributed by atoms with Crippen molar-refractivity contribution in [3.63, 3.8) is 0 Å². The maximum absolute atomic E-state index is 14.3. The number of primary amides is 1. The molecule has 0 aliphatic carbocycles. The van der Waals surface area contributed by atoms with Crippen LogP contribution in [0.3, 0.4) is 0 Å². The largest absolute Gasteiger partial charge is 0.424 e. The number of hydrogen-bond donors (Lipinski definition) is 3. The molecule has 2 amide bonds. The van der Waals surface area contributed by atoms with Crippen LogP contribution in [0.5, 0.6) is 5.75 Å². The predicted molar refractivity (Wildman–Crippen MR) is 188 cm³/mol. The van der Waals surface area contributed by atoms with Gasteiger partial charge in [-0.15, -0.1) is 0 Å². The molecule has 8 rings (SSSR count). The molecule has 6 aromatic rings. The number of para-hydroxylation sites is 2. The number of aromatic nitrogens is 2. The van der Waals surface area contributed by atoms with Gasteiger partial charge in [-0.2, -0.15) is 0 Å². The number of hydrogen-bond acceptors (Lipinski definition) is 8. The van der Waals surface area contributed by atoms with Crippen molar-refractivity contribution in [1.82, 2.24) is 14.0 Å². The Morgan fingerprint density at radius 1 is 1.02 bits per heavy atom. The third-order valence-corrected chi connectivity index (χ3v) is 9.87. The first-order chi connectivity index (χ1) is 24.0. The fourth-order valence-corrected chi connectivity index (χ4v) is 7.75. The molecule has 1 fully saturated rings. The van der Waals surface area contributed by atoms with Crippen LogP contribution >= 0.6 is 0 Å². The highest BCUT2D eigenvalue weighted by Crippen LogP contribution is 2.57. The number of carbonyl (C=O) groups excluding carboxylic acids is 4. The Morgan fingerprint density at radius 3 is 2.42 bits per heavy atom. The third kappa shape index (κ3) is 4.29. The normalized spacial score (nSPS) is 21.2. The summed E-state index contributed by atoms with van der Waals surface area (Å²) in [6, 6.07) is 20.9. The van der Waals surface area contributed by atoms with Gasteiger partial charge in [0.25, 0.3) is 0 Å². The summed E-state index contributed by atoms with van der Waals surface area (Å²) in [4.78, 5) is 54.8. The van der Waals surface area contributed by atoms with Crippen LogP contribution in [0.1, 0.15) is 40.3 Å². The van der Waals surface area contributed by atoms with E-state index in [0.29, 0.717) is 62.1 Å². The molecule has 0 spiro atoms. The maximum atomic E-state index is 14.3. The number of carbonyl (C=O) groups is 4. The van der Waals surface area contributed by atoms with Gasteiger partial charge in [-0.25, -0.2) is 4.79 Å². The van der Waals surface area contributed by atoms with E-state index in [1.165, 1.54) is 12.1 Å². The van der Waals surface area contributed by atoms with Crippen LogP contribution in [0.4, 0.5) is 5.69 Å². The van der Waals surface area contributed by atoms with E-state index in [4.69, 9.17) is 15.2 Å². The zero-order valence-corrected chi connectivity index (χ0v) is 27.5. The number of fused-ring (bicyclic) bond motifs is 10. The quantitative estimate of drug-likeness (QED) is 0.0901. The summed E-state index contributed by atoms with van der Waals surface area (Å²) >= 11 is 0. The number of esters is 1. The Labute approximate surface area is 285 Å². The summed E-state index contributed by atoms with van der Waals surface area (Å²) < 4.78 is 16.3. The average molecular weight is 672 g/mol. The van der Waals surface area contributed by atoms with E-state index in [2.05, 4.69) is 5.32 Å². The van der Waals surface area contributed by atoms with E-state index >= 15 is 0 Å². The number of amides is 2. The van der Waals surface area contributed by atoms with Gasteiger partial charge < -0.3 is 39.7 Å². The zero-order chi connectivity index (χ0) is 35.1. The Morgan fingerprint density at radius 2 is 1.72 bits per heavy atom. The lowest BCUT2D eigenvalue weighted by atomic mass is 9.88. The lowest BCUT2D eigenvalue weighted by Gasteiger charge is -2.37. The molecular formula is C38H33N5O7. The van der Waals surface area contributed by atoms with E-state index in [0.717, 1.165) is 0 Å². The van der Waals surface area contributed by atoms with E-state index < -0.39 is 29.4 Å². The number of aliphatic hydroxyl groups is 1. The summed E-state index contributed by atoms with van der Waals surface area (Å²) in [7, 11) is 3.78. The van der Waals surface area contributed by atoms with Crippen LogP contribution in [0.15, 0.2) is 84.9 Å². The standard InChI is InChI=1S/C38H33N5O7/c1-37-38(48,36(47)49-22-11-8-10-21(18-22)40-28(45)16-9-17-41(2)3)19-29(50-37)42-26-14-6-4-12-23(26)31-32(35(39)46)25(20-44)30-24-13-5-7-15-27(24)43(37)34(30)33(31)42/h4-16,18,20,29,48H,17,19H2,1-3H3,(H2,39,46)(H,40,45)/b16-9+/t29?,37-,38-/m0/s1. The molecule has 1 saturated heterocycles. The Kier molecular flexibility index (Phi) is 6.98. The van der Waals surface area contributed by atoms with Gasteiger partial charge in [0.2, 0.25) is 17.4 Å². The minimum atomic E-state index is -2.26. The van der Waals surface area contributed by atoms with Crippen LogP contribution in [0.25, 0.3) is 43.6 Å². The van der Waals surface area contributed by atoms with Crippen LogP contribution in [0, 0.1) is 0 Å². The molecule has 0 radical (unpaired) electrons. The fourth-order valence-electron chi connectivity index (χ4n) is 7.75. The van der Waals surface area contributed by atoms with Gasteiger partial charge >= 0.3 is 5.97 Å². The first-order valence-corrected chi connectivity index (χ1v) is 16.1. The number of aldehydes is 1. The smallest absolute Gasteiger partial charge is 0.348 e. The summed E-state index contributed by atoms with van der Waals surface area (Å²) in [6.45, 7) is 2.21. The highest BCUT2D eigenvalue weighted by molar-refractivity contribution is 6.33. The molecule has 3 atom stereocenters. The lowest BCUT2D eigenvalue weighted by molar-refractivity contribution is -0.197. The lowest BCUT2D eigenvalue weighted by Crippen LogP contribution is -2.57. The molecule has 2 bridgehead atoms. The van der Waals surface area contributed by atoms with E-state index in [9.17, 15) is 24.3 Å². The summed E-state index contributed by atoms with van der Waals surface area (Å²) in [5, 5.41) is 17.6. The molecule has 4 N–H and O–H groups in total. The number of ether oxygens (including phenoxy) is 2. The molecule has 50 heavy (non-hydrogen) atoms. The van der Waals surface area contributed by atoms with Gasteiger partial charge in [-0.1, -0.05) is 48.5 Å². The van der Waals surface area contributed by atoms with Gasteiger partial charge in [0, 0.05) is 57.9 Å². The first-order valence-electron chi connectivity index (χ1n) is 16.1. The van der Waals surface area contributed by atoms with Crippen LogP contribution in [-0.2, 0) is 20.1 Å². The van der Waals surface area contributed by atoms with Crippen molar-refractivity contribution in [1.29, 1.82) is 0 Å². The number of benzene rings is 4. The highest BCUT2D eigenvalue weighted by Gasteiger charge is 2.66. The first kappa shape index (κ1) is 31.4. The number of nitrogens with one attached hydrogen (secondary N) is 1. The van der Waals surface area contributed by atoms with Crippen molar-refractivity contribution < 1.29 is 33.8 Å². The van der Waals surface area contributed by atoms with Gasteiger partial charge in [-0.05, 0) is 45.3 Å². The number of nitrogens with zero attached hydrogens (tertiary/aromatic N) is 3. The molecule has 12 nitrogen and oxygen atoms in total. The van der Waals surface area contributed by atoms with Crippen molar-refractivity contribution in [3.05, 3.63) is 96.1 Å². The molecule has 2 aromatic heterocycles. The zero-order valence-electron chi connectivity index (χ0n) is 27.5. The van der Waals surface area contributed by atoms with Gasteiger partial charge in [0.1, 0.15) is 12.0 Å². The Bertz CT molecular complexity index is 2490. The second-order valence-electron chi connectivity index (χ2n) is 13.1. The van der Waals surface area contributed by atoms with Gasteiger partial charge in [-0.3, -0.25) is 14.4 Å². The second-order valence-corrected chi connectivity index (χ2v) is 13.1. The van der Waals surface area contributed by atoms with Crippen molar-refractivity contribution in [2.45, 2.75) is 30.9 Å². The minimum absolute atomic E-state index is 0.0955. The van der Waals surface area contributed by atoms with E-state index in [1.54, 1.807) is 47.9 Å². The summed E-state index contributed by atoms with van der Waals surface area (Å²) in [6.07, 6.45) is 2.67. The van der Waals surface area contributed by atoms with Crippen LogP contribution in [0.2, 0.25) is 0 Å². The van der Waals surface area contributed by atoms with Crippen LogP contribution in [-0.4, -0.2) is 69.5 Å². The topological polar surface area (TPSA) is 158 Å². The molecule has 12 heteroatoms. The monoisotopic (exact) mass is 671 g/mol. The van der Waals surface area contributed by atoms with Gasteiger partial charge in [0.05, 0.1) is 27.6 Å². The number of likely N-dealkylation sites (N-methyl/N-ethyl adjacent to an activating group) is 1. The summed E-state index contributed by atoms with van der Waals surface area (Å²) in [5.41, 5.74) is 4.92. The molecule has 1 unspecified atom stereocenters. The molecule has 2 aliphatic rings. The minimum Gasteiger partial charge on any atom is -0.424 e. The molecule has 0 saturated carbocycles. The van der Waals surface area contributed by atoms with E-state index in [1.807, 2.05) is 60.0 Å². The average Bonchev–Trinajstić information content (AvgIpc) is 3.67. The molecular weight excluding hydrogens is 638 g/mol. The van der Waals surface area contributed by atoms with Crippen molar-refractivity contribution in [2.75, 3.05) is 26.0 Å². The third-order valence-electron chi connectivity index (χ3n) is 9.87. The van der Waals surface area contributed by atoms with Crippen LogP contribution < -0.4 is 15.8 Å². The van der Waals surface area contributed by atoms with Crippen molar-refractivity contribution in [3.8, 4) is 5.75 Å². The molecule has 4 heterocycles. The van der Waals surface area contributed by atoms with Crippen molar-refractivity contribution in [2.24, 2.45) is 5.73 Å². The Balaban J connectivity index is 1.31. The number of nitrogens with two attached hydrogens (primary N) is 1. The van der Waals surface area contributed by atoms with Gasteiger partial charge in [0.15, 0.2) is 12.0 Å². The summed E-state index contributed by atoms with van der Waals surface area (Å²) in [5.74, 6) is -1.97. The second kappa shape index (κ2) is 11.1. The maximum Gasteiger partial charge on any atom is 0.348 e. The highest BCUT2D eigenvalue weighted by atomic mass is 16.6. The Hall–Kier alpha value is -5.82.